The summed E-state index contributed by atoms with van der Waals surface area (Å²) < 4.78 is 1.59. The molecule has 108 valence electrons. The highest BCUT2D eigenvalue weighted by molar-refractivity contribution is 6.00. The number of para-hydroxylation sites is 1. The first kappa shape index (κ1) is 12.5. The molecule has 0 fully saturated rings. The molecule has 0 aliphatic rings. The maximum absolute atomic E-state index is 4.30. The van der Waals surface area contributed by atoms with Gasteiger partial charge in [0.2, 0.25) is 0 Å². The van der Waals surface area contributed by atoms with E-state index in [-0.39, 0.29) is 0 Å². The summed E-state index contributed by atoms with van der Waals surface area (Å²) in [6.45, 7) is 2.03. The summed E-state index contributed by atoms with van der Waals surface area (Å²) in [7, 11) is 0. The van der Waals surface area contributed by atoms with Gasteiger partial charge < -0.3 is 4.98 Å². The standard InChI is InChI=1S/C15H13N7/c1-10-12(11-4-2-3-5-13(11)18-10)8-16-19-14-6-7-15-20-17-9-22(15)21-14/h2-9,18H,1H3,(H,19,21)/b16-8-. The van der Waals surface area contributed by atoms with E-state index in [0.29, 0.717) is 11.5 Å². The number of anilines is 1. The van der Waals surface area contributed by atoms with Crippen LogP contribution in [0.1, 0.15) is 11.3 Å². The smallest absolute Gasteiger partial charge is 0.177 e. The number of aryl methyl sites for hydroxylation is 1. The van der Waals surface area contributed by atoms with Crippen molar-refractivity contribution in [3.63, 3.8) is 0 Å². The Morgan fingerprint density at radius 2 is 2.14 bits per heavy atom. The molecule has 1 aromatic carbocycles. The van der Waals surface area contributed by atoms with Gasteiger partial charge >= 0.3 is 0 Å². The maximum Gasteiger partial charge on any atom is 0.177 e. The number of nitrogens with one attached hydrogen (secondary N) is 2. The van der Waals surface area contributed by atoms with E-state index < -0.39 is 0 Å². The number of H-pyrrole nitrogens is 1. The highest BCUT2D eigenvalue weighted by Gasteiger charge is 2.05. The lowest BCUT2D eigenvalue weighted by molar-refractivity contribution is 0.925. The summed E-state index contributed by atoms with van der Waals surface area (Å²) in [5.41, 5.74) is 6.86. The molecule has 4 rings (SSSR count). The highest BCUT2D eigenvalue weighted by atomic mass is 15.4. The fourth-order valence-corrected chi connectivity index (χ4v) is 2.42. The van der Waals surface area contributed by atoms with Crippen molar-refractivity contribution in [2.45, 2.75) is 6.92 Å². The van der Waals surface area contributed by atoms with Gasteiger partial charge in [-0.05, 0) is 25.1 Å². The van der Waals surface area contributed by atoms with Crippen molar-refractivity contribution in [2.75, 3.05) is 5.43 Å². The quantitative estimate of drug-likeness (QED) is 0.448. The zero-order chi connectivity index (χ0) is 14.9. The van der Waals surface area contributed by atoms with Crippen LogP contribution in [0, 0.1) is 6.92 Å². The molecule has 0 bridgehead atoms. The normalized spacial score (nSPS) is 11.7. The number of benzene rings is 1. The van der Waals surface area contributed by atoms with Gasteiger partial charge in [0.15, 0.2) is 11.5 Å². The van der Waals surface area contributed by atoms with E-state index in [4.69, 9.17) is 0 Å². The van der Waals surface area contributed by atoms with Gasteiger partial charge in [-0.1, -0.05) is 18.2 Å². The number of hydrogen-bond acceptors (Lipinski definition) is 5. The summed E-state index contributed by atoms with van der Waals surface area (Å²) in [5, 5.41) is 17.4. The summed E-state index contributed by atoms with van der Waals surface area (Å²) in [6.07, 6.45) is 3.35. The molecule has 0 radical (unpaired) electrons. The molecular formula is C15H13N7. The Hall–Kier alpha value is -3.22. The van der Waals surface area contributed by atoms with E-state index in [2.05, 4.69) is 42.9 Å². The van der Waals surface area contributed by atoms with Gasteiger partial charge in [-0.25, -0.2) is 0 Å². The van der Waals surface area contributed by atoms with Gasteiger partial charge in [0, 0.05) is 22.2 Å². The lowest BCUT2D eigenvalue weighted by Crippen LogP contribution is -1.98. The van der Waals surface area contributed by atoms with Crippen LogP contribution < -0.4 is 5.43 Å². The Bertz CT molecular complexity index is 980. The zero-order valence-corrected chi connectivity index (χ0v) is 11.9. The largest absolute Gasteiger partial charge is 0.358 e. The molecule has 7 nitrogen and oxygen atoms in total. The topological polar surface area (TPSA) is 83.3 Å². The van der Waals surface area contributed by atoms with Crippen LogP contribution in [0.3, 0.4) is 0 Å². The lowest BCUT2D eigenvalue weighted by Gasteiger charge is -1.99. The van der Waals surface area contributed by atoms with Gasteiger partial charge in [0.1, 0.15) is 6.33 Å². The Morgan fingerprint density at radius 3 is 3.09 bits per heavy atom. The third-order valence-corrected chi connectivity index (χ3v) is 3.48. The van der Waals surface area contributed by atoms with Crippen LogP contribution in [-0.4, -0.2) is 31.0 Å². The van der Waals surface area contributed by atoms with Gasteiger partial charge in [-0.2, -0.15) is 9.62 Å². The molecule has 0 spiro atoms. The van der Waals surface area contributed by atoms with Crippen LogP contribution in [0.5, 0.6) is 0 Å². The van der Waals surface area contributed by atoms with Crippen LogP contribution in [0.2, 0.25) is 0 Å². The first-order valence-corrected chi connectivity index (χ1v) is 6.85. The van der Waals surface area contributed by atoms with Crippen LogP contribution in [0.25, 0.3) is 16.6 Å². The number of hydrazone groups is 1. The Kier molecular flexibility index (Phi) is 2.82. The van der Waals surface area contributed by atoms with Crippen LogP contribution in [-0.2, 0) is 0 Å². The van der Waals surface area contributed by atoms with Crippen molar-refractivity contribution < 1.29 is 0 Å². The third kappa shape index (κ3) is 2.08. The molecule has 3 heterocycles. The third-order valence-electron chi connectivity index (χ3n) is 3.48. The van der Waals surface area contributed by atoms with E-state index in [9.17, 15) is 0 Å². The number of rotatable bonds is 3. The minimum Gasteiger partial charge on any atom is -0.358 e. The summed E-state index contributed by atoms with van der Waals surface area (Å²) in [4.78, 5) is 3.34. The zero-order valence-electron chi connectivity index (χ0n) is 11.9. The Balaban J connectivity index is 1.61. The Morgan fingerprint density at radius 1 is 1.23 bits per heavy atom. The molecular weight excluding hydrogens is 278 g/mol. The summed E-state index contributed by atoms with van der Waals surface area (Å²) in [5.74, 6) is 0.626. The van der Waals surface area contributed by atoms with E-state index >= 15 is 0 Å². The molecule has 0 aliphatic heterocycles. The predicted octanol–water partition coefficient (Wildman–Crippen LogP) is 2.36. The second-order valence-electron chi connectivity index (χ2n) is 4.93. The fourth-order valence-electron chi connectivity index (χ4n) is 2.42. The van der Waals surface area contributed by atoms with Crippen LogP contribution in [0.4, 0.5) is 5.82 Å². The molecule has 0 unspecified atom stereocenters. The summed E-state index contributed by atoms with van der Waals surface area (Å²) in [6, 6.07) is 11.8. The van der Waals surface area contributed by atoms with Gasteiger partial charge in [-0.15, -0.1) is 15.3 Å². The maximum atomic E-state index is 4.30. The van der Waals surface area contributed by atoms with Crippen molar-refractivity contribution >= 4 is 28.6 Å². The van der Waals surface area contributed by atoms with Crippen molar-refractivity contribution in [1.29, 1.82) is 0 Å². The van der Waals surface area contributed by atoms with Crippen molar-refractivity contribution in [3.8, 4) is 0 Å². The van der Waals surface area contributed by atoms with E-state index in [1.165, 1.54) is 0 Å². The SMILES string of the molecule is Cc1[nH]c2ccccc2c1/C=N\Nc1ccc2nncn2n1. The van der Waals surface area contributed by atoms with Crippen molar-refractivity contribution in [3.05, 3.63) is 54.0 Å². The van der Waals surface area contributed by atoms with Crippen molar-refractivity contribution in [1.82, 2.24) is 24.8 Å². The van der Waals surface area contributed by atoms with Crippen LogP contribution >= 0.6 is 0 Å². The molecule has 0 saturated heterocycles. The molecule has 2 N–H and O–H groups in total. The number of aromatic nitrogens is 5. The molecule has 0 atom stereocenters. The number of nitrogens with zero attached hydrogens (tertiary/aromatic N) is 5. The van der Waals surface area contributed by atoms with Gasteiger partial charge in [-0.3, -0.25) is 5.43 Å². The van der Waals surface area contributed by atoms with E-state index in [0.717, 1.165) is 22.2 Å². The molecule has 3 aromatic heterocycles. The first-order chi connectivity index (χ1) is 10.8. The van der Waals surface area contributed by atoms with Gasteiger partial charge in [0.25, 0.3) is 0 Å². The highest BCUT2D eigenvalue weighted by Crippen LogP contribution is 2.19. The number of hydrogen-bond donors (Lipinski definition) is 2. The van der Waals surface area contributed by atoms with Crippen LogP contribution in [0.15, 0.2) is 47.8 Å². The monoisotopic (exact) mass is 291 g/mol. The van der Waals surface area contributed by atoms with Crippen molar-refractivity contribution in [2.24, 2.45) is 5.10 Å². The average Bonchev–Trinajstić information content (AvgIpc) is 3.11. The molecule has 22 heavy (non-hydrogen) atoms. The lowest BCUT2D eigenvalue weighted by atomic mass is 10.1. The summed E-state index contributed by atoms with van der Waals surface area (Å²) >= 11 is 0. The minimum absolute atomic E-state index is 0.626. The fraction of sp³-hybridized carbons (Fsp3) is 0.0667. The second-order valence-corrected chi connectivity index (χ2v) is 4.93. The molecule has 0 saturated carbocycles. The van der Waals surface area contributed by atoms with Gasteiger partial charge in [0.05, 0.1) is 6.21 Å². The Labute approximate surface area is 125 Å². The molecule has 7 heteroatoms. The first-order valence-electron chi connectivity index (χ1n) is 6.85. The molecule has 0 aliphatic carbocycles. The van der Waals surface area contributed by atoms with E-state index in [1.54, 1.807) is 17.1 Å². The second kappa shape index (κ2) is 4.96. The minimum atomic E-state index is 0.626. The average molecular weight is 291 g/mol. The molecule has 4 aromatic rings. The number of aromatic amines is 1. The number of fused-ring (bicyclic) bond motifs is 2. The molecule has 0 amide bonds. The van der Waals surface area contributed by atoms with E-state index in [1.807, 2.05) is 31.2 Å². The predicted molar refractivity (Wildman–Crippen MR) is 85.0 cm³/mol.